The number of H-pyrrole nitrogens is 1. The van der Waals surface area contributed by atoms with Crippen LogP contribution in [0.4, 0.5) is 10.2 Å². The molecule has 3 N–H and O–H groups in total. The molecule has 0 amide bonds. The van der Waals surface area contributed by atoms with Gasteiger partial charge in [-0.2, -0.15) is 0 Å². The second kappa shape index (κ2) is 3.03. The molecule has 1 aromatic heterocycles. The molecule has 0 spiro atoms. The molecule has 4 heteroatoms. The van der Waals surface area contributed by atoms with Crippen LogP contribution in [0, 0.1) is 5.82 Å². The molecule has 1 heterocycles. The van der Waals surface area contributed by atoms with E-state index in [9.17, 15) is 4.39 Å². The summed E-state index contributed by atoms with van der Waals surface area (Å²) < 4.78 is 12.6. The molecule has 0 saturated heterocycles. The fourth-order valence-corrected chi connectivity index (χ4v) is 1.12. The number of anilines is 1. The van der Waals surface area contributed by atoms with Gasteiger partial charge in [-0.15, -0.1) is 12.4 Å². The van der Waals surface area contributed by atoms with E-state index >= 15 is 0 Å². The zero-order valence-corrected chi connectivity index (χ0v) is 6.99. The highest BCUT2D eigenvalue weighted by Gasteiger charge is 1.97. The number of hydrogen-bond acceptors (Lipinski definition) is 1. The van der Waals surface area contributed by atoms with Crippen LogP contribution in [0.25, 0.3) is 10.9 Å². The van der Waals surface area contributed by atoms with E-state index in [0.717, 1.165) is 10.9 Å². The van der Waals surface area contributed by atoms with Crippen molar-refractivity contribution < 1.29 is 4.39 Å². The standard InChI is InChI=1S/C8H7FN2.ClH/c9-6-2-1-5-3-8(10)11-7(5)4-6;/h1-4,11H,10H2;1H. The third-order valence-corrected chi connectivity index (χ3v) is 1.61. The van der Waals surface area contributed by atoms with Crippen LogP contribution in [0.3, 0.4) is 0 Å². The maximum atomic E-state index is 12.6. The zero-order valence-electron chi connectivity index (χ0n) is 6.17. The van der Waals surface area contributed by atoms with Crippen molar-refractivity contribution in [2.75, 3.05) is 5.73 Å². The number of fused-ring (bicyclic) bond motifs is 1. The van der Waals surface area contributed by atoms with Crippen molar-refractivity contribution >= 4 is 29.1 Å². The number of aromatic amines is 1. The fourth-order valence-electron chi connectivity index (χ4n) is 1.12. The van der Waals surface area contributed by atoms with Crippen LogP contribution in [0.1, 0.15) is 0 Å². The summed E-state index contributed by atoms with van der Waals surface area (Å²) >= 11 is 0. The number of nitrogens with one attached hydrogen (secondary N) is 1. The first-order valence-corrected chi connectivity index (χ1v) is 3.29. The van der Waals surface area contributed by atoms with Crippen LogP contribution in [-0.2, 0) is 0 Å². The fraction of sp³-hybridized carbons (Fsp3) is 0. The Labute approximate surface area is 75.0 Å². The van der Waals surface area contributed by atoms with Gasteiger partial charge in [0.25, 0.3) is 0 Å². The Morgan fingerprint density at radius 1 is 1.25 bits per heavy atom. The van der Waals surface area contributed by atoms with E-state index in [2.05, 4.69) is 4.98 Å². The maximum absolute atomic E-state index is 12.6. The molecule has 12 heavy (non-hydrogen) atoms. The van der Waals surface area contributed by atoms with E-state index < -0.39 is 0 Å². The van der Waals surface area contributed by atoms with Crippen molar-refractivity contribution in [2.24, 2.45) is 0 Å². The molecule has 0 fully saturated rings. The number of hydrogen-bond donors (Lipinski definition) is 2. The van der Waals surface area contributed by atoms with Gasteiger partial charge in [-0.1, -0.05) is 0 Å². The largest absolute Gasteiger partial charge is 0.385 e. The highest BCUT2D eigenvalue weighted by Crippen LogP contribution is 2.16. The smallest absolute Gasteiger partial charge is 0.125 e. The van der Waals surface area contributed by atoms with Crippen molar-refractivity contribution in [1.82, 2.24) is 4.98 Å². The maximum Gasteiger partial charge on any atom is 0.125 e. The lowest BCUT2D eigenvalue weighted by molar-refractivity contribution is 0.629. The average molecular weight is 187 g/mol. The molecule has 0 aliphatic rings. The zero-order chi connectivity index (χ0) is 7.84. The van der Waals surface area contributed by atoms with E-state index in [4.69, 9.17) is 5.73 Å². The van der Waals surface area contributed by atoms with Crippen molar-refractivity contribution in [2.45, 2.75) is 0 Å². The van der Waals surface area contributed by atoms with E-state index in [1.165, 1.54) is 12.1 Å². The summed E-state index contributed by atoms with van der Waals surface area (Å²) in [6.07, 6.45) is 0. The summed E-state index contributed by atoms with van der Waals surface area (Å²) in [6.45, 7) is 0. The molecule has 0 aliphatic heterocycles. The molecule has 2 nitrogen and oxygen atoms in total. The molecule has 0 radical (unpaired) electrons. The van der Waals surface area contributed by atoms with E-state index in [0.29, 0.717) is 5.82 Å². The van der Waals surface area contributed by atoms with E-state index in [1.807, 2.05) is 0 Å². The highest BCUT2D eigenvalue weighted by molar-refractivity contribution is 5.85. The third kappa shape index (κ3) is 1.36. The van der Waals surface area contributed by atoms with Gasteiger partial charge in [-0.3, -0.25) is 0 Å². The molecular weight excluding hydrogens is 179 g/mol. The summed E-state index contributed by atoms with van der Waals surface area (Å²) in [6, 6.07) is 6.30. The van der Waals surface area contributed by atoms with Gasteiger partial charge >= 0.3 is 0 Å². The summed E-state index contributed by atoms with van der Waals surface area (Å²) in [7, 11) is 0. The summed E-state index contributed by atoms with van der Waals surface area (Å²) in [5, 5.41) is 0.934. The monoisotopic (exact) mass is 186 g/mol. The first kappa shape index (κ1) is 8.87. The molecule has 64 valence electrons. The Kier molecular flexibility index (Phi) is 2.24. The topological polar surface area (TPSA) is 41.8 Å². The Bertz CT molecular complexity index is 397. The third-order valence-electron chi connectivity index (χ3n) is 1.61. The van der Waals surface area contributed by atoms with Crippen LogP contribution < -0.4 is 5.73 Å². The predicted molar refractivity (Wildman–Crippen MR) is 49.9 cm³/mol. The molecule has 1 aromatic carbocycles. The lowest BCUT2D eigenvalue weighted by Crippen LogP contribution is -1.80. The lowest BCUT2D eigenvalue weighted by atomic mass is 10.2. The van der Waals surface area contributed by atoms with Crippen LogP contribution in [0.2, 0.25) is 0 Å². The van der Waals surface area contributed by atoms with Crippen molar-refractivity contribution in [1.29, 1.82) is 0 Å². The van der Waals surface area contributed by atoms with Gasteiger partial charge in [0, 0.05) is 10.9 Å². The summed E-state index contributed by atoms with van der Waals surface area (Å²) in [5.74, 6) is 0.310. The number of nitrogen functional groups attached to an aromatic ring is 1. The quantitative estimate of drug-likeness (QED) is 0.652. The SMILES string of the molecule is Cl.Nc1cc2ccc(F)cc2[nH]1. The lowest BCUT2D eigenvalue weighted by Gasteiger charge is -1.87. The molecular formula is C8H8ClFN2. The Morgan fingerprint density at radius 3 is 2.75 bits per heavy atom. The molecule has 2 rings (SSSR count). The van der Waals surface area contributed by atoms with Gasteiger partial charge < -0.3 is 10.7 Å². The number of aromatic nitrogens is 1. The Balaban J connectivity index is 0.000000720. The summed E-state index contributed by atoms with van der Waals surface area (Å²) in [5.41, 5.74) is 6.20. The van der Waals surface area contributed by atoms with Gasteiger partial charge in [0.15, 0.2) is 0 Å². The second-order valence-electron chi connectivity index (χ2n) is 2.46. The molecule has 0 bridgehead atoms. The van der Waals surface area contributed by atoms with Gasteiger partial charge in [-0.05, 0) is 24.3 Å². The van der Waals surface area contributed by atoms with Crippen molar-refractivity contribution in [3.05, 3.63) is 30.1 Å². The molecule has 2 aromatic rings. The molecule has 0 saturated carbocycles. The second-order valence-corrected chi connectivity index (χ2v) is 2.46. The van der Waals surface area contributed by atoms with Crippen LogP contribution in [-0.4, -0.2) is 4.98 Å². The van der Waals surface area contributed by atoms with Gasteiger partial charge in [0.2, 0.25) is 0 Å². The van der Waals surface area contributed by atoms with Gasteiger partial charge in [-0.25, -0.2) is 4.39 Å². The van der Waals surface area contributed by atoms with Crippen molar-refractivity contribution in [3.63, 3.8) is 0 Å². The molecule has 0 unspecified atom stereocenters. The predicted octanol–water partition coefficient (Wildman–Crippen LogP) is 2.31. The minimum Gasteiger partial charge on any atom is -0.385 e. The Hall–Kier alpha value is -1.22. The van der Waals surface area contributed by atoms with Crippen LogP contribution in [0.15, 0.2) is 24.3 Å². The number of benzene rings is 1. The first-order valence-electron chi connectivity index (χ1n) is 3.29. The van der Waals surface area contributed by atoms with Gasteiger partial charge in [0.1, 0.15) is 11.6 Å². The van der Waals surface area contributed by atoms with Crippen LogP contribution >= 0.6 is 12.4 Å². The average Bonchev–Trinajstić information content (AvgIpc) is 2.27. The number of halogens is 2. The van der Waals surface area contributed by atoms with E-state index in [-0.39, 0.29) is 18.2 Å². The minimum atomic E-state index is -0.251. The highest BCUT2D eigenvalue weighted by atomic mass is 35.5. The first-order chi connectivity index (χ1) is 5.25. The van der Waals surface area contributed by atoms with Crippen molar-refractivity contribution in [3.8, 4) is 0 Å². The normalized spacial score (nSPS) is 9.75. The number of rotatable bonds is 0. The summed E-state index contributed by atoms with van der Waals surface area (Å²) in [4.78, 5) is 2.84. The van der Waals surface area contributed by atoms with E-state index in [1.54, 1.807) is 12.1 Å². The minimum absolute atomic E-state index is 0. The molecule has 0 atom stereocenters. The molecule has 0 aliphatic carbocycles. The van der Waals surface area contributed by atoms with Crippen LogP contribution in [0.5, 0.6) is 0 Å². The number of nitrogens with two attached hydrogens (primary N) is 1. The Morgan fingerprint density at radius 2 is 2.00 bits per heavy atom. The van der Waals surface area contributed by atoms with Gasteiger partial charge in [0.05, 0.1) is 0 Å².